The summed E-state index contributed by atoms with van der Waals surface area (Å²) >= 11 is 1.47. The molecule has 1 aliphatic rings. The summed E-state index contributed by atoms with van der Waals surface area (Å²) in [4.78, 5) is 25.3. The number of thiazole rings is 1. The predicted molar refractivity (Wildman–Crippen MR) is 94.8 cm³/mol. The molecule has 126 valence electrons. The van der Waals surface area contributed by atoms with Crippen molar-refractivity contribution in [3.63, 3.8) is 0 Å². The summed E-state index contributed by atoms with van der Waals surface area (Å²) in [5.41, 5.74) is 1.93. The van der Waals surface area contributed by atoms with Crippen molar-refractivity contribution < 1.29 is 9.53 Å². The fraction of sp³-hybridized carbons (Fsp3) is 0.176. The maximum absolute atomic E-state index is 11.2. The van der Waals surface area contributed by atoms with Crippen molar-refractivity contribution >= 4 is 29.1 Å². The van der Waals surface area contributed by atoms with Gasteiger partial charge in [0.25, 0.3) is 0 Å². The number of aryl methyl sites for hydroxylation is 1. The first-order chi connectivity index (χ1) is 12.2. The number of hydrogen-bond acceptors (Lipinski definition) is 7. The quantitative estimate of drug-likeness (QED) is 0.747. The molecule has 0 aromatic carbocycles. The number of alkyl carbamates (subject to hydrolysis) is 1. The molecule has 1 saturated heterocycles. The zero-order valence-corrected chi connectivity index (χ0v) is 14.2. The number of nitrogens with one attached hydrogen (secondary N) is 2. The van der Waals surface area contributed by atoms with Crippen molar-refractivity contribution in [1.29, 1.82) is 0 Å². The standard InChI is InChI=1S/C17H15N5O2S/c1-10-5-6-18-15(7-10)22-14-4-2-3-11(21-14)13-9-19-16(25-13)12-8-20-17(23)24-12/h2-7,9,12H,8H2,1H3,(H,20,23)(H,18,21,22)/t12-/m0/s1. The average molecular weight is 353 g/mol. The third-order valence-electron chi connectivity index (χ3n) is 3.65. The third-order valence-corrected chi connectivity index (χ3v) is 4.77. The Labute approximate surface area is 148 Å². The van der Waals surface area contributed by atoms with Gasteiger partial charge in [-0.2, -0.15) is 0 Å². The third kappa shape index (κ3) is 3.43. The average Bonchev–Trinajstić information content (AvgIpc) is 3.24. The lowest BCUT2D eigenvalue weighted by molar-refractivity contribution is 0.141. The summed E-state index contributed by atoms with van der Waals surface area (Å²) in [5.74, 6) is 1.46. The Bertz CT molecular complexity index is 927. The highest BCUT2D eigenvalue weighted by Crippen LogP contribution is 2.31. The van der Waals surface area contributed by atoms with E-state index in [2.05, 4.69) is 25.6 Å². The van der Waals surface area contributed by atoms with Crippen LogP contribution in [0, 0.1) is 6.92 Å². The van der Waals surface area contributed by atoms with E-state index in [1.165, 1.54) is 11.3 Å². The summed E-state index contributed by atoms with van der Waals surface area (Å²) < 4.78 is 5.17. The number of carbonyl (C=O) groups excluding carboxylic acids is 1. The first-order valence-corrected chi connectivity index (χ1v) is 8.56. The molecular formula is C17H15N5O2S. The number of amides is 1. The maximum atomic E-state index is 11.2. The van der Waals surface area contributed by atoms with Gasteiger partial charge in [-0.05, 0) is 36.8 Å². The second kappa shape index (κ2) is 6.48. The molecule has 0 radical (unpaired) electrons. The summed E-state index contributed by atoms with van der Waals surface area (Å²) in [6.07, 6.45) is 2.78. The molecule has 0 unspecified atom stereocenters. The van der Waals surface area contributed by atoms with Gasteiger partial charge in [0.2, 0.25) is 0 Å². The minimum Gasteiger partial charge on any atom is -0.437 e. The molecule has 0 saturated carbocycles. The number of aromatic nitrogens is 3. The van der Waals surface area contributed by atoms with Crippen LogP contribution in [-0.2, 0) is 4.74 Å². The van der Waals surface area contributed by atoms with Crippen molar-refractivity contribution in [3.05, 3.63) is 53.3 Å². The molecule has 2 N–H and O–H groups in total. The van der Waals surface area contributed by atoms with Gasteiger partial charge >= 0.3 is 6.09 Å². The van der Waals surface area contributed by atoms with E-state index in [4.69, 9.17) is 4.74 Å². The van der Waals surface area contributed by atoms with E-state index in [0.29, 0.717) is 12.4 Å². The molecule has 0 bridgehead atoms. The predicted octanol–water partition coefficient (Wildman–Crippen LogP) is 3.43. The Morgan fingerprint density at radius 1 is 1.28 bits per heavy atom. The largest absolute Gasteiger partial charge is 0.437 e. The summed E-state index contributed by atoms with van der Waals surface area (Å²) in [7, 11) is 0. The Morgan fingerprint density at radius 3 is 3.00 bits per heavy atom. The molecule has 8 heteroatoms. The SMILES string of the molecule is Cc1ccnc(Nc2cccc(-c3cnc([C@@H]4CNC(=O)O4)s3)n2)c1. The molecule has 3 aromatic heterocycles. The lowest BCUT2D eigenvalue weighted by Gasteiger charge is -2.06. The van der Waals surface area contributed by atoms with Gasteiger partial charge in [0.15, 0.2) is 6.10 Å². The van der Waals surface area contributed by atoms with Crippen LogP contribution in [0.1, 0.15) is 16.7 Å². The fourth-order valence-corrected chi connectivity index (χ4v) is 3.38. The van der Waals surface area contributed by atoms with Gasteiger partial charge in [0, 0.05) is 12.4 Å². The molecule has 1 atom stereocenters. The van der Waals surface area contributed by atoms with E-state index in [9.17, 15) is 4.79 Å². The van der Waals surface area contributed by atoms with Crippen LogP contribution in [0.2, 0.25) is 0 Å². The number of anilines is 2. The molecule has 4 heterocycles. The highest BCUT2D eigenvalue weighted by atomic mass is 32.1. The number of ether oxygens (including phenoxy) is 1. The van der Waals surface area contributed by atoms with E-state index in [1.54, 1.807) is 12.4 Å². The summed E-state index contributed by atoms with van der Waals surface area (Å²) in [6, 6.07) is 9.64. The smallest absolute Gasteiger partial charge is 0.408 e. The molecule has 1 aliphatic heterocycles. The monoisotopic (exact) mass is 353 g/mol. The Morgan fingerprint density at radius 2 is 2.20 bits per heavy atom. The number of hydrogen-bond donors (Lipinski definition) is 2. The number of cyclic esters (lactones) is 1. The lowest BCUT2D eigenvalue weighted by Crippen LogP contribution is -2.12. The van der Waals surface area contributed by atoms with Crippen molar-refractivity contribution in [3.8, 4) is 10.6 Å². The topological polar surface area (TPSA) is 89.0 Å². The Hall–Kier alpha value is -3.00. The van der Waals surface area contributed by atoms with Crippen LogP contribution in [0.15, 0.2) is 42.7 Å². The van der Waals surface area contributed by atoms with E-state index in [0.717, 1.165) is 27.0 Å². The minimum absolute atomic E-state index is 0.330. The van der Waals surface area contributed by atoms with Gasteiger partial charge in [-0.25, -0.2) is 19.7 Å². The number of nitrogens with zero attached hydrogens (tertiary/aromatic N) is 3. The highest BCUT2D eigenvalue weighted by Gasteiger charge is 2.27. The van der Waals surface area contributed by atoms with Gasteiger partial charge in [0.1, 0.15) is 16.6 Å². The summed E-state index contributed by atoms with van der Waals surface area (Å²) in [6.45, 7) is 2.46. The van der Waals surface area contributed by atoms with Crippen molar-refractivity contribution in [2.75, 3.05) is 11.9 Å². The highest BCUT2D eigenvalue weighted by molar-refractivity contribution is 7.15. The van der Waals surface area contributed by atoms with E-state index >= 15 is 0 Å². The number of pyridine rings is 2. The molecule has 1 fully saturated rings. The number of carbonyl (C=O) groups is 1. The lowest BCUT2D eigenvalue weighted by atomic mass is 10.3. The normalized spacial score (nSPS) is 16.4. The van der Waals surface area contributed by atoms with Crippen LogP contribution < -0.4 is 10.6 Å². The zero-order chi connectivity index (χ0) is 17.2. The first kappa shape index (κ1) is 15.5. The van der Waals surface area contributed by atoms with E-state index in [-0.39, 0.29) is 6.10 Å². The Balaban J connectivity index is 1.55. The molecule has 4 rings (SSSR count). The minimum atomic E-state index is -0.406. The molecule has 25 heavy (non-hydrogen) atoms. The molecule has 7 nitrogen and oxygen atoms in total. The van der Waals surface area contributed by atoms with Gasteiger partial charge in [0.05, 0.1) is 17.1 Å². The van der Waals surface area contributed by atoms with Gasteiger partial charge < -0.3 is 15.4 Å². The van der Waals surface area contributed by atoms with Crippen LogP contribution in [-0.4, -0.2) is 27.6 Å². The number of rotatable bonds is 4. The second-order valence-electron chi connectivity index (χ2n) is 5.59. The van der Waals surface area contributed by atoms with Crippen molar-refractivity contribution in [1.82, 2.24) is 20.3 Å². The molecular weight excluding hydrogens is 338 g/mol. The van der Waals surface area contributed by atoms with E-state index < -0.39 is 6.09 Å². The van der Waals surface area contributed by atoms with Gasteiger partial charge in [-0.1, -0.05) is 6.07 Å². The van der Waals surface area contributed by atoms with Gasteiger partial charge in [-0.3, -0.25) is 0 Å². The molecule has 0 aliphatic carbocycles. The molecule has 1 amide bonds. The van der Waals surface area contributed by atoms with Gasteiger partial charge in [-0.15, -0.1) is 11.3 Å². The van der Waals surface area contributed by atoms with Crippen LogP contribution in [0.4, 0.5) is 16.4 Å². The van der Waals surface area contributed by atoms with Crippen molar-refractivity contribution in [2.45, 2.75) is 13.0 Å². The van der Waals surface area contributed by atoms with Crippen LogP contribution in [0.25, 0.3) is 10.6 Å². The second-order valence-corrected chi connectivity index (χ2v) is 6.65. The maximum Gasteiger partial charge on any atom is 0.408 e. The first-order valence-electron chi connectivity index (χ1n) is 7.75. The van der Waals surface area contributed by atoms with Crippen molar-refractivity contribution in [2.24, 2.45) is 0 Å². The Kier molecular flexibility index (Phi) is 4.02. The van der Waals surface area contributed by atoms with Crippen LogP contribution >= 0.6 is 11.3 Å². The zero-order valence-electron chi connectivity index (χ0n) is 13.4. The molecule has 3 aromatic rings. The van der Waals surface area contributed by atoms with E-state index in [1.807, 2.05) is 37.3 Å². The summed E-state index contributed by atoms with van der Waals surface area (Å²) in [5, 5.41) is 6.59. The van der Waals surface area contributed by atoms with Crippen LogP contribution in [0.3, 0.4) is 0 Å². The van der Waals surface area contributed by atoms with Crippen LogP contribution in [0.5, 0.6) is 0 Å². The fourth-order valence-electron chi connectivity index (χ4n) is 2.46. The molecule has 0 spiro atoms.